The van der Waals surface area contributed by atoms with Crippen LogP contribution in [-0.4, -0.2) is 16.5 Å². The second-order valence-corrected chi connectivity index (χ2v) is 4.08. The van der Waals surface area contributed by atoms with Crippen LogP contribution < -0.4 is 10.5 Å². The van der Waals surface area contributed by atoms with Gasteiger partial charge in [-0.25, -0.2) is 0 Å². The largest absolute Gasteiger partial charge is 0.486 e. The van der Waals surface area contributed by atoms with Gasteiger partial charge in [-0.1, -0.05) is 6.07 Å². The van der Waals surface area contributed by atoms with Gasteiger partial charge in [0.05, 0.1) is 11.9 Å². The van der Waals surface area contributed by atoms with Crippen molar-refractivity contribution in [2.24, 2.45) is 5.73 Å². The molecule has 0 unspecified atom stereocenters. The van der Waals surface area contributed by atoms with E-state index in [-0.39, 0.29) is 0 Å². The molecule has 0 atom stereocenters. The summed E-state index contributed by atoms with van der Waals surface area (Å²) >= 11 is 0. The minimum absolute atomic E-state index is 0.463. The van der Waals surface area contributed by atoms with Crippen molar-refractivity contribution in [3.63, 3.8) is 0 Å². The first-order valence-corrected chi connectivity index (χ1v) is 5.98. The van der Waals surface area contributed by atoms with Crippen molar-refractivity contribution in [2.45, 2.75) is 20.0 Å². The molecule has 0 spiro atoms. The summed E-state index contributed by atoms with van der Waals surface area (Å²) in [5.74, 6) is 0.751. The summed E-state index contributed by atoms with van der Waals surface area (Å²) in [5, 5.41) is 0. The SMILES string of the molecule is Cc1cccnc1COc1ccc(CCN)nc1. The average Bonchev–Trinajstić information content (AvgIpc) is 2.40. The molecular weight excluding hydrogens is 226 g/mol. The first kappa shape index (κ1) is 12.5. The molecule has 0 aliphatic carbocycles. The van der Waals surface area contributed by atoms with Crippen LogP contribution in [-0.2, 0) is 13.0 Å². The van der Waals surface area contributed by atoms with E-state index in [0.29, 0.717) is 13.2 Å². The molecule has 2 N–H and O–H groups in total. The predicted molar refractivity (Wildman–Crippen MR) is 70.3 cm³/mol. The molecule has 0 amide bonds. The van der Waals surface area contributed by atoms with Crippen LogP contribution in [0.4, 0.5) is 0 Å². The lowest BCUT2D eigenvalue weighted by atomic mass is 10.2. The van der Waals surface area contributed by atoms with Gasteiger partial charge in [-0.15, -0.1) is 0 Å². The van der Waals surface area contributed by atoms with E-state index in [9.17, 15) is 0 Å². The Hall–Kier alpha value is -1.94. The quantitative estimate of drug-likeness (QED) is 0.870. The first-order chi connectivity index (χ1) is 8.79. The van der Waals surface area contributed by atoms with Crippen LogP contribution in [0.1, 0.15) is 17.0 Å². The van der Waals surface area contributed by atoms with E-state index < -0.39 is 0 Å². The topological polar surface area (TPSA) is 61.0 Å². The van der Waals surface area contributed by atoms with E-state index >= 15 is 0 Å². The van der Waals surface area contributed by atoms with Crippen LogP contribution >= 0.6 is 0 Å². The zero-order valence-electron chi connectivity index (χ0n) is 10.5. The molecule has 2 aromatic rings. The van der Waals surface area contributed by atoms with Gasteiger partial charge in [-0.3, -0.25) is 9.97 Å². The molecule has 4 heteroatoms. The number of pyridine rings is 2. The Morgan fingerprint density at radius 1 is 1.22 bits per heavy atom. The van der Waals surface area contributed by atoms with Gasteiger partial charge in [0.1, 0.15) is 12.4 Å². The highest BCUT2D eigenvalue weighted by molar-refractivity contribution is 5.22. The molecule has 0 aliphatic rings. The Morgan fingerprint density at radius 2 is 2.11 bits per heavy atom. The smallest absolute Gasteiger partial charge is 0.138 e. The maximum absolute atomic E-state index is 5.65. The highest BCUT2D eigenvalue weighted by Gasteiger charge is 2.01. The summed E-state index contributed by atoms with van der Waals surface area (Å²) in [6, 6.07) is 7.79. The number of rotatable bonds is 5. The Kier molecular flexibility index (Phi) is 4.25. The van der Waals surface area contributed by atoms with Crippen molar-refractivity contribution in [1.29, 1.82) is 0 Å². The minimum Gasteiger partial charge on any atom is -0.486 e. The predicted octanol–water partition coefficient (Wildman–Crippen LogP) is 1.87. The first-order valence-electron chi connectivity index (χ1n) is 5.98. The van der Waals surface area contributed by atoms with Crippen molar-refractivity contribution < 1.29 is 4.74 Å². The zero-order valence-corrected chi connectivity index (χ0v) is 10.5. The van der Waals surface area contributed by atoms with Crippen LogP contribution in [0, 0.1) is 6.92 Å². The van der Waals surface area contributed by atoms with Crippen LogP contribution in [0.2, 0.25) is 0 Å². The van der Waals surface area contributed by atoms with Gasteiger partial charge in [-0.2, -0.15) is 0 Å². The summed E-state index contributed by atoms with van der Waals surface area (Å²) in [7, 11) is 0. The van der Waals surface area contributed by atoms with Crippen LogP contribution in [0.25, 0.3) is 0 Å². The number of hydrogen-bond donors (Lipinski definition) is 1. The van der Waals surface area contributed by atoms with Crippen LogP contribution in [0.15, 0.2) is 36.7 Å². The number of aryl methyl sites for hydroxylation is 1. The molecule has 18 heavy (non-hydrogen) atoms. The Morgan fingerprint density at radius 3 is 2.78 bits per heavy atom. The van der Waals surface area contributed by atoms with Crippen molar-refractivity contribution in [3.8, 4) is 5.75 Å². The van der Waals surface area contributed by atoms with E-state index in [0.717, 1.165) is 29.1 Å². The van der Waals surface area contributed by atoms with Gasteiger partial charge < -0.3 is 10.5 Å². The lowest BCUT2D eigenvalue weighted by Gasteiger charge is -2.07. The molecule has 0 radical (unpaired) electrons. The lowest BCUT2D eigenvalue weighted by Crippen LogP contribution is -2.05. The summed E-state index contributed by atoms with van der Waals surface area (Å²) < 4.78 is 5.65. The Labute approximate surface area is 107 Å². The van der Waals surface area contributed by atoms with Crippen molar-refractivity contribution in [2.75, 3.05) is 6.54 Å². The average molecular weight is 243 g/mol. The van der Waals surface area contributed by atoms with Crippen molar-refractivity contribution >= 4 is 0 Å². The Balaban J connectivity index is 1.96. The van der Waals surface area contributed by atoms with E-state index in [2.05, 4.69) is 9.97 Å². The van der Waals surface area contributed by atoms with Crippen molar-refractivity contribution in [1.82, 2.24) is 9.97 Å². The number of ether oxygens (including phenoxy) is 1. The fourth-order valence-electron chi connectivity index (χ4n) is 1.61. The molecule has 94 valence electrons. The number of aromatic nitrogens is 2. The third kappa shape index (κ3) is 3.28. The molecule has 2 rings (SSSR count). The van der Waals surface area contributed by atoms with Gasteiger partial charge in [-0.05, 0) is 37.2 Å². The van der Waals surface area contributed by atoms with Crippen molar-refractivity contribution in [3.05, 3.63) is 53.6 Å². The third-order valence-electron chi connectivity index (χ3n) is 2.69. The summed E-state index contributed by atoms with van der Waals surface area (Å²) in [5.41, 5.74) is 8.53. The normalized spacial score (nSPS) is 10.3. The van der Waals surface area contributed by atoms with Gasteiger partial charge in [0.2, 0.25) is 0 Å². The van der Waals surface area contributed by atoms with Gasteiger partial charge in [0.25, 0.3) is 0 Å². The van der Waals surface area contributed by atoms with E-state index in [1.165, 1.54) is 0 Å². The van der Waals surface area contributed by atoms with E-state index in [4.69, 9.17) is 10.5 Å². The maximum Gasteiger partial charge on any atom is 0.138 e. The molecule has 0 saturated carbocycles. The monoisotopic (exact) mass is 243 g/mol. The summed E-state index contributed by atoms with van der Waals surface area (Å²) in [6.45, 7) is 3.10. The lowest BCUT2D eigenvalue weighted by molar-refractivity contribution is 0.299. The summed E-state index contributed by atoms with van der Waals surface area (Å²) in [4.78, 5) is 8.56. The minimum atomic E-state index is 0.463. The highest BCUT2D eigenvalue weighted by Crippen LogP contribution is 2.12. The molecule has 2 heterocycles. The standard InChI is InChI=1S/C14H17N3O/c1-11-3-2-8-16-14(11)10-18-13-5-4-12(6-7-15)17-9-13/h2-5,8-9H,6-7,10,15H2,1H3. The van der Waals surface area contributed by atoms with Crippen LogP contribution in [0.5, 0.6) is 5.75 Å². The van der Waals surface area contributed by atoms with Gasteiger partial charge in [0.15, 0.2) is 0 Å². The zero-order chi connectivity index (χ0) is 12.8. The second-order valence-electron chi connectivity index (χ2n) is 4.08. The number of hydrogen-bond acceptors (Lipinski definition) is 4. The molecular formula is C14H17N3O. The van der Waals surface area contributed by atoms with E-state index in [1.807, 2.05) is 31.2 Å². The fraction of sp³-hybridized carbons (Fsp3) is 0.286. The molecule has 4 nitrogen and oxygen atoms in total. The number of nitrogens with zero attached hydrogens (tertiary/aromatic N) is 2. The Bertz CT molecular complexity index is 497. The molecule has 2 aromatic heterocycles. The molecule has 0 bridgehead atoms. The fourth-order valence-corrected chi connectivity index (χ4v) is 1.61. The van der Waals surface area contributed by atoms with Gasteiger partial charge >= 0.3 is 0 Å². The molecule has 0 aliphatic heterocycles. The van der Waals surface area contributed by atoms with Crippen LogP contribution in [0.3, 0.4) is 0 Å². The maximum atomic E-state index is 5.65. The highest BCUT2D eigenvalue weighted by atomic mass is 16.5. The third-order valence-corrected chi connectivity index (χ3v) is 2.69. The molecule has 0 aromatic carbocycles. The molecule has 0 fully saturated rings. The second kappa shape index (κ2) is 6.12. The van der Waals surface area contributed by atoms with Gasteiger partial charge in [0, 0.05) is 18.3 Å². The number of nitrogens with two attached hydrogens (primary N) is 1. The van der Waals surface area contributed by atoms with E-state index in [1.54, 1.807) is 12.4 Å². The summed E-state index contributed by atoms with van der Waals surface area (Å²) in [6.07, 6.45) is 4.29. The molecule has 0 saturated heterocycles.